The minimum absolute atomic E-state index is 0.581. The van der Waals surface area contributed by atoms with E-state index in [4.69, 9.17) is 10.5 Å². The zero-order chi connectivity index (χ0) is 12.5. The second kappa shape index (κ2) is 4.55. The first-order valence-electron chi connectivity index (χ1n) is 5.90. The highest BCUT2D eigenvalue weighted by molar-refractivity contribution is 5.55. The van der Waals surface area contributed by atoms with Gasteiger partial charge in [-0.1, -0.05) is 6.07 Å². The monoisotopic (exact) mass is 236 g/mol. The number of methoxy groups -OCH3 is 1. The Morgan fingerprint density at radius 3 is 2.53 bits per heavy atom. The first kappa shape index (κ1) is 12.2. The highest BCUT2D eigenvalue weighted by Crippen LogP contribution is 2.35. The van der Waals surface area contributed by atoms with Crippen LogP contribution in [0, 0.1) is 0 Å². The number of nitrogens with zero attached hydrogens (tertiary/aromatic N) is 1. The third kappa shape index (κ3) is 2.37. The van der Waals surface area contributed by atoms with Gasteiger partial charge in [0.05, 0.1) is 18.4 Å². The summed E-state index contributed by atoms with van der Waals surface area (Å²) in [7, 11) is 3.66. The lowest BCUT2D eigenvalue weighted by atomic mass is 9.84. The Kier molecular flexibility index (Phi) is 3.26. The number of ether oxygens (including phenoxy) is 1. The Labute approximate surface area is 102 Å². The molecule has 1 aromatic rings. The molecule has 0 amide bonds. The van der Waals surface area contributed by atoms with Gasteiger partial charge in [0, 0.05) is 13.1 Å². The fourth-order valence-corrected chi connectivity index (χ4v) is 2.30. The first-order chi connectivity index (χ1) is 8.05. The maximum absolute atomic E-state index is 10.6. The van der Waals surface area contributed by atoms with Gasteiger partial charge in [0.1, 0.15) is 5.75 Å². The average Bonchev–Trinajstić information content (AvgIpc) is 2.33. The number of likely N-dealkylation sites (tertiary alicyclic amines) is 1. The van der Waals surface area contributed by atoms with Crippen molar-refractivity contribution in [3.8, 4) is 5.75 Å². The van der Waals surface area contributed by atoms with Crippen LogP contribution in [-0.2, 0) is 5.60 Å². The van der Waals surface area contributed by atoms with Gasteiger partial charge in [-0.15, -0.1) is 0 Å². The standard InChI is InChI=1S/C13H20N2O2/c1-15-7-5-13(16,6-8-15)10-3-4-12(17-2)11(14)9-10/h3-4,9,16H,5-8,14H2,1-2H3. The van der Waals surface area contributed by atoms with E-state index in [2.05, 4.69) is 11.9 Å². The van der Waals surface area contributed by atoms with Gasteiger partial charge >= 0.3 is 0 Å². The predicted molar refractivity (Wildman–Crippen MR) is 68.0 cm³/mol. The first-order valence-corrected chi connectivity index (χ1v) is 5.90. The zero-order valence-electron chi connectivity index (χ0n) is 10.4. The molecule has 17 heavy (non-hydrogen) atoms. The molecule has 1 heterocycles. The molecular formula is C13H20N2O2. The van der Waals surface area contributed by atoms with Gasteiger partial charge in [0.25, 0.3) is 0 Å². The smallest absolute Gasteiger partial charge is 0.141 e. The summed E-state index contributed by atoms with van der Waals surface area (Å²) in [6, 6.07) is 5.55. The number of benzene rings is 1. The van der Waals surface area contributed by atoms with Crippen LogP contribution in [0.4, 0.5) is 5.69 Å². The molecule has 1 aliphatic rings. The van der Waals surface area contributed by atoms with Crippen molar-refractivity contribution in [1.29, 1.82) is 0 Å². The van der Waals surface area contributed by atoms with Gasteiger partial charge in [-0.05, 0) is 37.6 Å². The number of hydrogen-bond donors (Lipinski definition) is 2. The van der Waals surface area contributed by atoms with Gasteiger partial charge in [-0.3, -0.25) is 0 Å². The number of rotatable bonds is 2. The number of piperidine rings is 1. The molecule has 0 unspecified atom stereocenters. The molecule has 0 aliphatic carbocycles. The van der Waals surface area contributed by atoms with E-state index in [1.165, 1.54) is 0 Å². The molecule has 0 spiro atoms. The Balaban J connectivity index is 2.24. The van der Waals surface area contributed by atoms with E-state index < -0.39 is 5.60 Å². The van der Waals surface area contributed by atoms with E-state index in [1.807, 2.05) is 18.2 Å². The second-order valence-electron chi connectivity index (χ2n) is 4.79. The molecule has 1 aromatic carbocycles. The van der Waals surface area contributed by atoms with Crippen LogP contribution in [0.5, 0.6) is 5.75 Å². The molecule has 3 N–H and O–H groups in total. The summed E-state index contributed by atoms with van der Waals surface area (Å²) >= 11 is 0. The van der Waals surface area contributed by atoms with Crippen LogP contribution >= 0.6 is 0 Å². The number of nitrogens with two attached hydrogens (primary N) is 1. The van der Waals surface area contributed by atoms with Crippen molar-refractivity contribution in [3.63, 3.8) is 0 Å². The van der Waals surface area contributed by atoms with E-state index in [1.54, 1.807) is 7.11 Å². The summed E-state index contributed by atoms with van der Waals surface area (Å²) in [5.41, 5.74) is 6.61. The lowest BCUT2D eigenvalue weighted by Gasteiger charge is -2.37. The van der Waals surface area contributed by atoms with Crippen LogP contribution in [0.2, 0.25) is 0 Å². The fourth-order valence-electron chi connectivity index (χ4n) is 2.30. The summed E-state index contributed by atoms with van der Waals surface area (Å²) in [5, 5.41) is 10.6. The Morgan fingerprint density at radius 1 is 1.35 bits per heavy atom. The Hall–Kier alpha value is -1.26. The lowest BCUT2D eigenvalue weighted by molar-refractivity contribution is -0.0202. The van der Waals surface area contributed by atoms with Crippen molar-refractivity contribution in [1.82, 2.24) is 4.90 Å². The number of aliphatic hydroxyl groups is 1. The maximum atomic E-state index is 10.6. The molecule has 94 valence electrons. The zero-order valence-corrected chi connectivity index (χ0v) is 10.4. The highest BCUT2D eigenvalue weighted by Gasteiger charge is 2.33. The van der Waals surface area contributed by atoms with E-state index in [0.29, 0.717) is 11.4 Å². The molecule has 0 atom stereocenters. The third-order valence-corrected chi connectivity index (χ3v) is 3.58. The maximum Gasteiger partial charge on any atom is 0.141 e. The van der Waals surface area contributed by atoms with E-state index >= 15 is 0 Å². The fraction of sp³-hybridized carbons (Fsp3) is 0.538. The molecule has 1 saturated heterocycles. The summed E-state index contributed by atoms with van der Waals surface area (Å²) < 4.78 is 5.12. The number of nitrogen functional groups attached to an aromatic ring is 1. The Morgan fingerprint density at radius 2 is 2.00 bits per heavy atom. The van der Waals surface area contributed by atoms with Crippen LogP contribution < -0.4 is 10.5 Å². The molecule has 0 saturated carbocycles. The molecule has 0 aromatic heterocycles. The average molecular weight is 236 g/mol. The van der Waals surface area contributed by atoms with Gasteiger partial charge in [0.15, 0.2) is 0 Å². The van der Waals surface area contributed by atoms with Crippen LogP contribution in [0.3, 0.4) is 0 Å². The molecule has 1 aliphatic heterocycles. The normalized spacial score (nSPS) is 20.2. The van der Waals surface area contributed by atoms with Gasteiger partial charge < -0.3 is 20.5 Å². The minimum atomic E-state index is -0.743. The molecule has 0 radical (unpaired) electrons. The van der Waals surface area contributed by atoms with Crippen LogP contribution in [0.1, 0.15) is 18.4 Å². The molecular weight excluding hydrogens is 216 g/mol. The quantitative estimate of drug-likeness (QED) is 0.757. The lowest BCUT2D eigenvalue weighted by Crippen LogP contribution is -2.40. The summed E-state index contributed by atoms with van der Waals surface area (Å²) in [4.78, 5) is 2.22. The van der Waals surface area contributed by atoms with Crippen molar-refractivity contribution in [2.24, 2.45) is 0 Å². The van der Waals surface area contributed by atoms with Crippen molar-refractivity contribution in [2.75, 3.05) is 33.0 Å². The summed E-state index contributed by atoms with van der Waals surface area (Å²) in [5.74, 6) is 0.658. The molecule has 1 fully saturated rings. The number of anilines is 1. The number of hydrogen-bond acceptors (Lipinski definition) is 4. The third-order valence-electron chi connectivity index (χ3n) is 3.58. The predicted octanol–water partition coefficient (Wildman–Crippen LogP) is 1.19. The molecule has 0 bridgehead atoms. The van der Waals surface area contributed by atoms with Crippen LogP contribution in [0.15, 0.2) is 18.2 Å². The molecule has 2 rings (SSSR count). The molecule has 4 heteroatoms. The van der Waals surface area contributed by atoms with E-state index in [-0.39, 0.29) is 0 Å². The summed E-state index contributed by atoms with van der Waals surface area (Å²) in [6.07, 6.45) is 1.49. The Bertz CT molecular complexity index is 398. The van der Waals surface area contributed by atoms with Crippen LogP contribution in [0.25, 0.3) is 0 Å². The highest BCUT2D eigenvalue weighted by atomic mass is 16.5. The molecule has 4 nitrogen and oxygen atoms in total. The SMILES string of the molecule is COc1ccc(C2(O)CCN(C)CC2)cc1N. The minimum Gasteiger partial charge on any atom is -0.495 e. The van der Waals surface area contributed by atoms with Crippen molar-refractivity contribution < 1.29 is 9.84 Å². The second-order valence-corrected chi connectivity index (χ2v) is 4.79. The van der Waals surface area contributed by atoms with E-state index in [0.717, 1.165) is 31.5 Å². The van der Waals surface area contributed by atoms with Crippen molar-refractivity contribution >= 4 is 5.69 Å². The van der Waals surface area contributed by atoms with Gasteiger partial charge in [-0.25, -0.2) is 0 Å². The van der Waals surface area contributed by atoms with Crippen LogP contribution in [-0.4, -0.2) is 37.3 Å². The van der Waals surface area contributed by atoms with Gasteiger partial charge in [0.2, 0.25) is 0 Å². The van der Waals surface area contributed by atoms with Crippen molar-refractivity contribution in [3.05, 3.63) is 23.8 Å². The van der Waals surface area contributed by atoms with Gasteiger partial charge in [-0.2, -0.15) is 0 Å². The van der Waals surface area contributed by atoms with Crippen molar-refractivity contribution in [2.45, 2.75) is 18.4 Å². The largest absolute Gasteiger partial charge is 0.495 e. The van der Waals surface area contributed by atoms with E-state index in [9.17, 15) is 5.11 Å². The summed E-state index contributed by atoms with van der Waals surface area (Å²) in [6.45, 7) is 1.81. The topological polar surface area (TPSA) is 58.7 Å².